The van der Waals surface area contributed by atoms with Crippen LogP contribution in [0, 0.1) is 10.1 Å². The van der Waals surface area contributed by atoms with Crippen LogP contribution >= 0.6 is 23.5 Å². The second kappa shape index (κ2) is 5.62. The molecule has 0 radical (unpaired) electrons. The van der Waals surface area contributed by atoms with Crippen LogP contribution in [-0.4, -0.2) is 29.5 Å². The van der Waals surface area contributed by atoms with Gasteiger partial charge in [0.1, 0.15) is 0 Å². The number of nitrogens with zero attached hydrogens (tertiary/aromatic N) is 1. The van der Waals surface area contributed by atoms with E-state index < -0.39 is 10.9 Å². The van der Waals surface area contributed by atoms with Gasteiger partial charge in [-0.15, -0.1) is 23.5 Å². The van der Waals surface area contributed by atoms with Crippen molar-refractivity contribution in [3.05, 3.63) is 39.4 Å². The van der Waals surface area contributed by atoms with Crippen LogP contribution in [0.3, 0.4) is 0 Å². The molecule has 1 aliphatic heterocycles. The largest absolute Gasteiger partial charge is 0.465 e. The molecule has 1 aromatic carbocycles. The maximum Gasteiger partial charge on any atom is 0.338 e. The first kappa shape index (κ1) is 13.2. The molecule has 0 aromatic heterocycles. The summed E-state index contributed by atoms with van der Waals surface area (Å²) in [4.78, 5) is 22.0. The lowest BCUT2D eigenvalue weighted by Gasteiger charge is -2.09. The number of nitro benzene ring substituents is 1. The van der Waals surface area contributed by atoms with Crippen LogP contribution < -0.4 is 0 Å². The van der Waals surface area contributed by atoms with Crippen LogP contribution in [0.15, 0.2) is 18.2 Å². The SMILES string of the molecule is COC(=O)c1ccc(C2SCCS2)c([N+](=O)[O-])c1. The molecule has 1 saturated heterocycles. The van der Waals surface area contributed by atoms with Gasteiger partial charge in [0.2, 0.25) is 0 Å². The number of carbonyl (C=O) groups is 1. The summed E-state index contributed by atoms with van der Waals surface area (Å²) in [6.07, 6.45) is 0. The Morgan fingerprint density at radius 3 is 2.67 bits per heavy atom. The molecule has 0 bridgehead atoms. The predicted octanol–water partition coefficient (Wildman–Crippen LogP) is 2.86. The van der Waals surface area contributed by atoms with Crippen LogP contribution in [0.1, 0.15) is 20.5 Å². The summed E-state index contributed by atoms with van der Waals surface area (Å²) in [6, 6.07) is 4.52. The maximum atomic E-state index is 11.4. The quantitative estimate of drug-likeness (QED) is 0.483. The molecule has 0 saturated carbocycles. The highest BCUT2D eigenvalue weighted by Gasteiger charge is 2.27. The summed E-state index contributed by atoms with van der Waals surface area (Å²) in [5, 5.41) is 11.1. The number of benzene rings is 1. The normalized spacial score (nSPS) is 15.6. The lowest BCUT2D eigenvalue weighted by molar-refractivity contribution is -0.385. The zero-order valence-electron chi connectivity index (χ0n) is 9.62. The molecule has 2 rings (SSSR count). The van der Waals surface area contributed by atoms with Crippen molar-refractivity contribution in [1.29, 1.82) is 0 Å². The van der Waals surface area contributed by atoms with Crippen molar-refractivity contribution in [3.63, 3.8) is 0 Å². The molecule has 0 amide bonds. The smallest absolute Gasteiger partial charge is 0.338 e. The topological polar surface area (TPSA) is 69.4 Å². The zero-order chi connectivity index (χ0) is 13.1. The maximum absolute atomic E-state index is 11.4. The monoisotopic (exact) mass is 285 g/mol. The van der Waals surface area contributed by atoms with Crippen LogP contribution in [0.25, 0.3) is 0 Å². The van der Waals surface area contributed by atoms with Gasteiger partial charge < -0.3 is 4.74 Å². The minimum atomic E-state index is -0.559. The summed E-state index contributed by atoms with van der Waals surface area (Å²) in [5.41, 5.74) is 0.867. The van der Waals surface area contributed by atoms with Crippen molar-refractivity contribution in [2.45, 2.75) is 4.58 Å². The molecule has 1 aliphatic rings. The highest BCUT2D eigenvalue weighted by atomic mass is 32.2. The average molecular weight is 285 g/mol. The third-order valence-electron chi connectivity index (χ3n) is 2.52. The molecule has 7 heteroatoms. The number of nitro groups is 1. The van der Waals surface area contributed by atoms with E-state index >= 15 is 0 Å². The molecule has 1 heterocycles. The molecular formula is C11H11NO4S2. The molecule has 0 aliphatic carbocycles. The fourth-order valence-corrected chi connectivity index (χ4v) is 4.60. The molecule has 1 aromatic rings. The number of methoxy groups -OCH3 is 1. The molecule has 96 valence electrons. The predicted molar refractivity (Wildman–Crippen MR) is 72.1 cm³/mol. The second-order valence-electron chi connectivity index (χ2n) is 3.60. The van der Waals surface area contributed by atoms with Crippen LogP contribution in [0.2, 0.25) is 0 Å². The Morgan fingerprint density at radius 2 is 2.11 bits per heavy atom. The zero-order valence-corrected chi connectivity index (χ0v) is 11.3. The van der Waals surface area contributed by atoms with Crippen molar-refractivity contribution in [2.75, 3.05) is 18.6 Å². The molecule has 5 nitrogen and oxygen atoms in total. The van der Waals surface area contributed by atoms with E-state index in [1.165, 1.54) is 13.2 Å². The average Bonchev–Trinajstić information content (AvgIpc) is 2.90. The summed E-state index contributed by atoms with van der Waals surface area (Å²) >= 11 is 3.38. The highest BCUT2D eigenvalue weighted by Crippen LogP contribution is 2.48. The minimum absolute atomic E-state index is 0.00944. The molecule has 0 spiro atoms. The van der Waals surface area contributed by atoms with Gasteiger partial charge in [0.25, 0.3) is 5.69 Å². The Labute approximate surface area is 112 Å². The molecule has 0 atom stereocenters. The van der Waals surface area contributed by atoms with Crippen LogP contribution in [-0.2, 0) is 4.74 Å². The minimum Gasteiger partial charge on any atom is -0.465 e. The Balaban J connectivity index is 2.40. The van der Waals surface area contributed by atoms with Gasteiger partial charge >= 0.3 is 5.97 Å². The second-order valence-corrected chi connectivity index (χ2v) is 6.32. The van der Waals surface area contributed by atoms with E-state index in [0.29, 0.717) is 5.56 Å². The van der Waals surface area contributed by atoms with Crippen molar-refractivity contribution < 1.29 is 14.5 Å². The molecule has 18 heavy (non-hydrogen) atoms. The summed E-state index contributed by atoms with van der Waals surface area (Å²) in [6.45, 7) is 0. The Morgan fingerprint density at radius 1 is 1.44 bits per heavy atom. The van der Waals surface area contributed by atoms with Gasteiger partial charge in [0.15, 0.2) is 0 Å². The summed E-state index contributed by atoms with van der Waals surface area (Å²) in [7, 11) is 1.25. The van der Waals surface area contributed by atoms with E-state index in [9.17, 15) is 14.9 Å². The first-order valence-corrected chi connectivity index (χ1v) is 7.33. The number of esters is 1. The number of thioether (sulfide) groups is 2. The van der Waals surface area contributed by atoms with Gasteiger partial charge in [-0.05, 0) is 12.1 Å². The van der Waals surface area contributed by atoms with Gasteiger partial charge in [-0.3, -0.25) is 10.1 Å². The summed E-state index contributed by atoms with van der Waals surface area (Å²) in [5.74, 6) is 1.42. The van der Waals surface area contributed by atoms with E-state index in [1.54, 1.807) is 35.7 Å². The number of hydrogen-bond donors (Lipinski definition) is 0. The van der Waals surface area contributed by atoms with Gasteiger partial charge in [-0.2, -0.15) is 0 Å². The fraction of sp³-hybridized carbons (Fsp3) is 0.364. The number of rotatable bonds is 3. The van der Waals surface area contributed by atoms with Crippen molar-refractivity contribution in [2.24, 2.45) is 0 Å². The number of hydrogen-bond acceptors (Lipinski definition) is 6. The molecule has 0 N–H and O–H groups in total. The Kier molecular flexibility index (Phi) is 4.13. The molecule has 0 unspecified atom stereocenters. The Bertz CT molecular complexity index is 486. The first-order chi connectivity index (χ1) is 8.63. The van der Waals surface area contributed by atoms with E-state index in [2.05, 4.69) is 4.74 Å². The first-order valence-electron chi connectivity index (χ1n) is 5.23. The Hall–Kier alpha value is -1.21. The number of ether oxygens (including phenoxy) is 1. The van der Waals surface area contributed by atoms with E-state index in [4.69, 9.17) is 0 Å². The van der Waals surface area contributed by atoms with Crippen molar-refractivity contribution in [1.82, 2.24) is 0 Å². The highest BCUT2D eigenvalue weighted by molar-refractivity contribution is 8.19. The summed E-state index contributed by atoms with van der Waals surface area (Å²) < 4.78 is 4.65. The van der Waals surface area contributed by atoms with Crippen LogP contribution in [0.5, 0.6) is 0 Å². The lowest BCUT2D eigenvalue weighted by atomic mass is 10.1. The van der Waals surface area contributed by atoms with Gasteiger partial charge in [0.05, 0.1) is 27.7 Å². The van der Waals surface area contributed by atoms with Gasteiger partial charge in [-0.25, -0.2) is 4.79 Å². The fourth-order valence-electron chi connectivity index (χ4n) is 1.68. The van der Waals surface area contributed by atoms with Gasteiger partial charge in [-0.1, -0.05) is 0 Å². The van der Waals surface area contributed by atoms with Gasteiger partial charge in [0, 0.05) is 17.6 Å². The molecule has 1 fully saturated rings. The molecular weight excluding hydrogens is 274 g/mol. The lowest BCUT2D eigenvalue weighted by Crippen LogP contribution is -2.04. The van der Waals surface area contributed by atoms with Crippen LogP contribution in [0.4, 0.5) is 5.69 Å². The standard InChI is InChI=1S/C11H11NO4S2/c1-16-10(13)7-2-3-8(9(6-7)12(14)15)11-17-4-5-18-11/h2-3,6,11H,4-5H2,1H3. The van der Waals surface area contributed by atoms with E-state index in [0.717, 1.165) is 11.5 Å². The van der Waals surface area contributed by atoms with Crippen molar-refractivity contribution in [3.8, 4) is 0 Å². The van der Waals surface area contributed by atoms with E-state index in [1.807, 2.05) is 0 Å². The van der Waals surface area contributed by atoms with Crippen molar-refractivity contribution >= 4 is 35.2 Å². The third-order valence-corrected chi connectivity index (χ3v) is 5.59. The third kappa shape index (κ3) is 2.62. The van der Waals surface area contributed by atoms with E-state index in [-0.39, 0.29) is 15.8 Å². The number of carbonyl (C=O) groups excluding carboxylic acids is 1.